The second-order valence-corrected chi connectivity index (χ2v) is 16.4. The molecule has 1 unspecified atom stereocenters. The number of anilines is 6. The number of furan rings is 1. The third kappa shape index (κ3) is 4.82. The van der Waals surface area contributed by atoms with Gasteiger partial charge in [0.2, 0.25) is 0 Å². The molecule has 13 rings (SSSR count). The van der Waals surface area contributed by atoms with Crippen molar-refractivity contribution in [3.05, 3.63) is 253 Å². The molecule has 0 radical (unpaired) electrons. The lowest BCUT2D eigenvalue weighted by atomic mass is 9.70. The van der Waals surface area contributed by atoms with E-state index in [2.05, 4.69) is 234 Å². The molecular formula is C59H38N2O. The molecule has 0 bridgehead atoms. The van der Waals surface area contributed by atoms with E-state index in [0.29, 0.717) is 0 Å². The Bertz CT molecular complexity index is 3500. The molecule has 0 saturated heterocycles. The summed E-state index contributed by atoms with van der Waals surface area (Å²) in [5.41, 5.74) is 18.1. The molecule has 10 aromatic carbocycles. The zero-order valence-corrected chi connectivity index (χ0v) is 33.7. The van der Waals surface area contributed by atoms with Crippen LogP contribution in [0.2, 0.25) is 0 Å². The van der Waals surface area contributed by atoms with Gasteiger partial charge in [0.15, 0.2) is 0 Å². The largest absolute Gasteiger partial charge is 0.456 e. The van der Waals surface area contributed by atoms with Crippen LogP contribution in [0.15, 0.2) is 235 Å². The Morgan fingerprint density at radius 2 is 0.823 bits per heavy atom. The second-order valence-electron chi connectivity index (χ2n) is 16.4. The first-order chi connectivity index (χ1) is 30.8. The highest BCUT2D eigenvalue weighted by Gasteiger charge is 2.52. The molecule has 1 aromatic heterocycles. The van der Waals surface area contributed by atoms with Crippen LogP contribution in [0.25, 0.3) is 55.0 Å². The number of fused-ring (bicyclic) bond motifs is 15. The number of rotatable bonds is 6. The molecule has 0 fully saturated rings. The van der Waals surface area contributed by atoms with Crippen molar-refractivity contribution >= 4 is 66.8 Å². The summed E-state index contributed by atoms with van der Waals surface area (Å²) in [6, 6.07) is 84.0. The first-order valence-corrected chi connectivity index (χ1v) is 21.4. The van der Waals surface area contributed by atoms with E-state index in [0.717, 1.165) is 56.1 Å². The highest BCUT2D eigenvalue weighted by atomic mass is 16.3. The average molecular weight is 791 g/mol. The quantitative estimate of drug-likeness (QED) is 0.167. The molecule has 3 nitrogen and oxygen atoms in total. The molecule has 0 amide bonds. The van der Waals surface area contributed by atoms with Gasteiger partial charge in [-0.2, -0.15) is 0 Å². The third-order valence-electron chi connectivity index (χ3n) is 13.2. The number of benzene rings is 10. The van der Waals surface area contributed by atoms with Gasteiger partial charge in [-0.1, -0.05) is 158 Å². The highest BCUT2D eigenvalue weighted by molar-refractivity contribution is 6.14. The maximum absolute atomic E-state index is 6.45. The zero-order valence-electron chi connectivity index (χ0n) is 33.7. The van der Waals surface area contributed by atoms with Crippen LogP contribution in [0, 0.1) is 0 Å². The van der Waals surface area contributed by atoms with Gasteiger partial charge in [0, 0.05) is 33.5 Å². The van der Waals surface area contributed by atoms with Gasteiger partial charge in [0.05, 0.1) is 22.2 Å². The van der Waals surface area contributed by atoms with E-state index in [1.807, 2.05) is 6.07 Å². The van der Waals surface area contributed by atoms with Gasteiger partial charge in [-0.25, -0.2) is 0 Å². The minimum atomic E-state index is -0.563. The summed E-state index contributed by atoms with van der Waals surface area (Å²) >= 11 is 0. The van der Waals surface area contributed by atoms with Gasteiger partial charge < -0.3 is 14.2 Å². The van der Waals surface area contributed by atoms with E-state index in [1.54, 1.807) is 0 Å². The monoisotopic (exact) mass is 790 g/mol. The van der Waals surface area contributed by atoms with Crippen LogP contribution in [0.1, 0.15) is 22.3 Å². The van der Waals surface area contributed by atoms with Gasteiger partial charge in [0.25, 0.3) is 0 Å². The number of hydrogen-bond acceptors (Lipinski definition) is 3. The molecule has 1 heterocycles. The maximum Gasteiger partial charge on any atom is 0.137 e. The van der Waals surface area contributed by atoms with Crippen molar-refractivity contribution < 1.29 is 4.42 Å². The van der Waals surface area contributed by atoms with Crippen LogP contribution in [0.3, 0.4) is 0 Å². The van der Waals surface area contributed by atoms with Crippen molar-refractivity contribution in [3.63, 3.8) is 0 Å². The van der Waals surface area contributed by atoms with Crippen molar-refractivity contribution in [2.24, 2.45) is 0 Å². The Labute approximate surface area is 360 Å². The fraction of sp³-hybridized carbons (Fsp3) is 0.0169. The minimum Gasteiger partial charge on any atom is -0.456 e. The molecule has 290 valence electrons. The van der Waals surface area contributed by atoms with Gasteiger partial charge >= 0.3 is 0 Å². The SMILES string of the molecule is c1ccc(N(c2ccccc2)c2cc3c(c4ccccc24)-c2ccccc2C32c3ccccc3-c3cc(N(c4ccccc4)c4cccc5oc6ccccc6c45)ccc32)cc1. The Kier molecular flexibility index (Phi) is 7.52. The average Bonchev–Trinajstić information content (AvgIpc) is 3.97. The van der Waals surface area contributed by atoms with E-state index in [4.69, 9.17) is 4.42 Å². The number of para-hydroxylation sites is 4. The van der Waals surface area contributed by atoms with E-state index in [9.17, 15) is 0 Å². The molecule has 3 heteroatoms. The summed E-state index contributed by atoms with van der Waals surface area (Å²) in [5.74, 6) is 0. The molecule has 62 heavy (non-hydrogen) atoms. The summed E-state index contributed by atoms with van der Waals surface area (Å²) in [4.78, 5) is 4.83. The Balaban J connectivity index is 1.10. The predicted molar refractivity (Wildman–Crippen MR) is 257 cm³/mol. The van der Waals surface area contributed by atoms with Gasteiger partial charge in [-0.05, 0) is 123 Å². The van der Waals surface area contributed by atoms with Crippen LogP contribution >= 0.6 is 0 Å². The Hall–Kier alpha value is -8.14. The van der Waals surface area contributed by atoms with Crippen molar-refractivity contribution in [1.82, 2.24) is 0 Å². The van der Waals surface area contributed by atoms with Crippen LogP contribution in [0.4, 0.5) is 34.1 Å². The first-order valence-electron chi connectivity index (χ1n) is 21.4. The molecule has 0 aliphatic heterocycles. The number of nitrogens with zero attached hydrogens (tertiary/aromatic N) is 2. The molecule has 11 aromatic rings. The smallest absolute Gasteiger partial charge is 0.137 e. The normalized spacial score (nSPS) is 14.5. The molecule has 2 aliphatic rings. The fourth-order valence-electron chi connectivity index (χ4n) is 10.8. The molecule has 1 spiro atoms. The Morgan fingerprint density at radius 1 is 0.306 bits per heavy atom. The van der Waals surface area contributed by atoms with Gasteiger partial charge in [0.1, 0.15) is 11.2 Å². The van der Waals surface area contributed by atoms with Gasteiger partial charge in [-0.15, -0.1) is 0 Å². The Morgan fingerprint density at radius 3 is 1.52 bits per heavy atom. The van der Waals surface area contributed by atoms with Gasteiger partial charge in [-0.3, -0.25) is 0 Å². The third-order valence-corrected chi connectivity index (χ3v) is 13.2. The first kappa shape index (κ1) is 34.7. The van der Waals surface area contributed by atoms with Crippen LogP contribution in [0.5, 0.6) is 0 Å². The lowest BCUT2D eigenvalue weighted by molar-refractivity contribution is 0.669. The topological polar surface area (TPSA) is 19.6 Å². The predicted octanol–water partition coefficient (Wildman–Crippen LogP) is 16.0. The summed E-state index contributed by atoms with van der Waals surface area (Å²) in [6.07, 6.45) is 0. The van der Waals surface area contributed by atoms with E-state index >= 15 is 0 Å². The van der Waals surface area contributed by atoms with Crippen LogP contribution in [-0.4, -0.2) is 0 Å². The van der Waals surface area contributed by atoms with Crippen molar-refractivity contribution in [2.75, 3.05) is 9.80 Å². The molecule has 0 saturated carbocycles. The van der Waals surface area contributed by atoms with E-state index in [1.165, 1.54) is 55.3 Å². The molecule has 0 N–H and O–H groups in total. The van der Waals surface area contributed by atoms with Crippen molar-refractivity contribution in [2.45, 2.75) is 5.41 Å². The lowest BCUT2D eigenvalue weighted by Crippen LogP contribution is -2.26. The second kappa shape index (κ2) is 13.4. The molecule has 1 atom stereocenters. The lowest BCUT2D eigenvalue weighted by Gasteiger charge is -2.33. The summed E-state index contributed by atoms with van der Waals surface area (Å²) < 4.78 is 6.45. The van der Waals surface area contributed by atoms with Crippen molar-refractivity contribution in [1.29, 1.82) is 0 Å². The van der Waals surface area contributed by atoms with E-state index < -0.39 is 5.41 Å². The van der Waals surface area contributed by atoms with Crippen LogP contribution < -0.4 is 9.80 Å². The number of hydrogen-bond donors (Lipinski definition) is 0. The van der Waals surface area contributed by atoms with Crippen LogP contribution in [-0.2, 0) is 5.41 Å². The standard InChI is InChI=1S/C59H38N2O/c1-4-19-39(20-5-1)60(40-21-6-2-7-22-40)54-38-52-57(45-27-11-10-26-44(45)54)46-28-13-16-31-50(46)59(52)49-30-15-12-25-43(49)48-37-42(35-36-51(48)59)61(41-23-8-3-9-24-41)53-32-18-34-56-58(53)47-29-14-17-33-55(47)62-56/h1-38H. The van der Waals surface area contributed by atoms with Crippen molar-refractivity contribution in [3.8, 4) is 22.3 Å². The zero-order chi connectivity index (χ0) is 40.8. The summed E-state index contributed by atoms with van der Waals surface area (Å²) in [6.45, 7) is 0. The molecular weight excluding hydrogens is 753 g/mol. The highest BCUT2D eigenvalue weighted by Crippen LogP contribution is 2.65. The van der Waals surface area contributed by atoms with E-state index in [-0.39, 0.29) is 0 Å². The summed E-state index contributed by atoms with van der Waals surface area (Å²) in [7, 11) is 0. The molecule has 2 aliphatic carbocycles. The maximum atomic E-state index is 6.45. The minimum absolute atomic E-state index is 0.563. The summed E-state index contributed by atoms with van der Waals surface area (Å²) in [5, 5.41) is 4.67. The fourth-order valence-corrected chi connectivity index (χ4v) is 10.8.